The second kappa shape index (κ2) is 5.81. The van der Waals surface area contributed by atoms with Crippen LogP contribution in [0.15, 0.2) is 54.6 Å². The molecular weight excluding hydrogens is 308 g/mol. The third-order valence-electron chi connectivity index (χ3n) is 5.61. The third-order valence-corrected chi connectivity index (χ3v) is 5.61. The molecule has 5 rings (SSSR count). The lowest BCUT2D eigenvalue weighted by atomic mass is 9.94. The van der Waals surface area contributed by atoms with Crippen LogP contribution in [0.1, 0.15) is 35.7 Å². The molecule has 2 atom stereocenters. The Kier molecular flexibility index (Phi) is 3.45. The Morgan fingerprint density at radius 2 is 1.80 bits per heavy atom. The minimum atomic E-state index is 0.243. The summed E-state index contributed by atoms with van der Waals surface area (Å²) >= 11 is 0. The first-order valence-electron chi connectivity index (χ1n) is 9.12. The number of hydrogen-bond donors (Lipinski definition) is 0. The zero-order valence-corrected chi connectivity index (χ0v) is 14.5. The van der Waals surface area contributed by atoms with E-state index >= 15 is 0 Å². The summed E-state index contributed by atoms with van der Waals surface area (Å²) in [5.41, 5.74) is 6.06. The van der Waals surface area contributed by atoms with Crippen molar-refractivity contribution in [2.75, 3.05) is 6.54 Å². The van der Waals surface area contributed by atoms with Gasteiger partial charge in [0.25, 0.3) is 0 Å². The van der Waals surface area contributed by atoms with Crippen LogP contribution in [-0.2, 0) is 6.54 Å². The van der Waals surface area contributed by atoms with Crippen molar-refractivity contribution in [3.05, 3.63) is 71.4 Å². The highest BCUT2D eigenvalue weighted by molar-refractivity contribution is 5.63. The third kappa shape index (κ3) is 2.40. The van der Waals surface area contributed by atoms with E-state index in [1.54, 1.807) is 0 Å². The highest BCUT2D eigenvalue weighted by atomic mass is 15.5. The molecule has 0 spiro atoms. The number of rotatable bonds is 2. The van der Waals surface area contributed by atoms with Crippen LogP contribution in [0.3, 0.4) is 0 Å². The normalized spacial score (nSPS) is 22.6. The molecule has 3 heterocycles. The van der Waals surface area contributed by atoms with Gasteiger partial charge >= 0.3 is 0 Å². The molecule has 0 unspecified atom stereocenters. The molecule has 0 aliphatic carbocycles. The van der Waals surface area contributed by atoms with Crippen molar-refractivity contribution >= 4 is 0 Å². The number of nitrogens with zero attached hydrogens (tertiary/aromatic N) is 4. The largest absolute Gasteiger partial charge is 0.286 e. The van der Waals surface area contributed by atoms with Gasteiger partial charge in [-0.3, -0.25) is 4.90 Å². The summed E-state index contributed by atoms with van der Waals surface area (Å²) in [5.74, 6) is 0. The number of hydrogen-bond acceptors (Lipinski definition) is 3. The van der Waals surface area contributed by atoms with Crippen molar-refractivity contribution in [2.45, 2.75) is 38.4 Å². The van der Waals surface area contributed by atoms with Gasteiger partial charge in [0.05, 0.1) is 18.3 Å². The van der Waals surface area contributed by atoms with Gasteiger partial charge in [0.15, 0.2) is 0 Å². The molecule has 0 radical (unpaired) electrons. The van der Waals surface area contributed by atoms with E-state index < -0.39 is 0 Å². The molecule has 4 nitrogen and oxygen atoms in total. The fourth-order valence-electron chi connectivity index (χ4n) is 4.38. The first-order valence-corrected chi connectivity index (χ1v) is 9.12. The fourth-order valence-corrected chi connectivity index (χ4v) is 4.38. The molecule has 0 amide bonds. The Balaban J connectivity index is 1.69. The monoisotopic (exact) mass is 330 g/mol. The van der Waals surface area contributed by atoms with Gasteiger partial charge in [-0.05, 0) is 31.9 Å². The van der Waals surface area contributed by atoms with Gasteiger partial charge in [-0.15, -0.1) is 5.10 Å². The van der Waals surface area contributed by atoms with E-state index in [4.69, 9.17) is 0 Å². The lowest BCUT2D eigenvalue weighted by Gasteiger charge is -2.38. The molecule has 4 heteroatoms. The number of aryl methyl sites for hydroxylation is 1. The molecular formula is C21H22N4. The van der Waals surface area contributed by atoms with E-state index in [0.717, 1.165) is 24.3 Å². The standard InChI is InChI=1S/C21H22N4/c1-15-9-11-17(12-10-15)20-21-19(16-6-3-2-4-7-16)22-23-25(21)14-18-8-5-13-24(18)20/h2-4,6-7,9-12,18,20H,5,8,13-14H2,1H3/t18-,20-/m0/s1. The molecule has 2 aliphatic heterocycles. The predicted molar refractivity (Wildman–Crippen MR) is 98.2 cm³/mol. The smallest absolute Gasteiger partial charge is 0.118 e. The summed E-state index contributed by atoms with van der Waals surface area (Å²) in [4.78, 5) is 2.66. The minimum absolute atomic E-state index is 0.243. The Morgan fingerprint density at radius 3 is 2.60 bits per heavy atom. The molecule has 25 heavy (non-hydrogen) atoms. The van der Waals surface area contributed by atoms with Gasteiger partial charge in [0.2, 0.25) is 0 Å². The maximum absolute atomic E-state index is 4.57. The van der Waals surface area contributed by atoms with E-state index in [0.29, 0.717) is 6.04 Å². The Labute approximate surface area is 148 Å². The summed E-state index contributed by atoms with van der Waals surface area (Å²) in [7, 11) is 0. The maximum atomic E-state index is 4.57. The fraction of sp³-hybridized carbons (Fsp3) is 0.333. The predicted octanol–water partition coefficient (Wildman–Crippen LogP) is 3.82. The molecule has 0 bridgehead atoms. The zero-order valence-electron chi connectivity index (χ0n) is 14.5. The second-order valence-electron chi connectivity index (χ2n) is 7.22. The number of aromatic nitrogens is 3. The topological polar surface area (TPSA) is 34.0 Å². The quantitative estimate of drug-likeness (QED) is 0.716. The van der Waals surface area contributed by atoms with Crippen molar-refractivity contribution in [1.82, 2.24) is 19.9 Å². The molecule has 126 valence electrons. The Morgan fingerprint density at radius 1 is 1.00 bits per heavy atom. The number of fused-ring (bicyclic) bond motifs is 2. The average molecular weight is 330 g/mol. The maximum Gasteiger partial charge on any atom is 0.118 e. The molecule has 2 aromatic carbocycles. The SMILES string of the molecule is Cc1ccc([C@H]2c3c(-c4ccccc4)nnn3C[C@@H]3CCCN32)cc1. The Bertz CT molecular complexity index is 882. The molecule has 2 aliphatic rings. The van der Waals surface area contributed by atoms with Gasteiger partial charge in [-0.2, -0.15) is 0 Å². The first-order chi connectivity index (χ1) is 12.3. The Hall–Kier alpha value is -2.46. The van der Waals surface area contributed by atoms with Crippen LogP contribution < -0.4 is 0 Å². The van der Waals surface area contributed by atoms with Crippen molar-refractivity contribution in [3.8, 4) is 11.3 Å². The van der Waals surface area contributed by atoms with Crippen LogP contribution in [0.2, 0.25) is 0 Å². The highest BCUT2D eigenvalue weighted by Crippen LogP contribution is 2.42. The lowest BCUT2D eigenvalue weighted by molar-refractivity contribution is 0.147. The summed E-state index contributed by atoms with van der Waals surface area (Å²) in [5, 5.41) is 9.10. The van der Waals surface area contributed by atoms with Crippen LogP contribution in [0.4, 0.5) is 0 Å². The molecule has 3 aromatic rings. The van der Waals surface area contributed by atoms with Gasteiger partial charge < -0.3 is 0 Å². The van der Waals surface area contributed by atoms with Crippen LogP contribution in [0, 0.1) is 6.92 Å². The molecule has 0 N–H and O–H groups in total. The van der Waals surface area contributed by atoms with Crippen molar-refractivity contribution in [3.63, 3.8) is 0 Å². The van der Waals surface area contributed by atoms with Gasteiger partial charge in [0, 0.05) is 11.6 Å². The summed E-state index contributed by atoms with van der Waals surface area (Å²) in [6, 6.07) is 20.2. The summed E-state index contributed by atoms with van der Waals surface area (Å²) < 4.78 is 2.15. The molecule has 1 saturated heterocycles. The second-order valence-corrected chi connectivity index (χ2v) is 7.22. The van der Waals surface area contributed by atoms with E-state index in [2.05, 4.69) is 75.3 Å². The molecule has 1 fully saturated rings. The molecule has 0 saturated carbocycles. The zero-order chi connectivity index (χ0) is 16.8. The number of benzene rings is 2. The van der Waals surface area contributed by atoms with E-state index in [9.17, 15) is 0 Å². The van der Waals surface area contributed by atoms with Crippen LogP contribution >= 0.6 is 0 Å². The van der Waals surface area contributed by atoms with Crippen LogP contribution in [0.5, 0.6) is 0 Å². The van der Waals surface area contributed by atoms with Gasteiger partial charge in [0.1, 0.15) is 5.69 Å². The highest BCUT2D eigenvalue weighted by Gasteiger charge is 2.41. The van der Waals surface area contributed by atoms with E-state index in [1.807, 2.05) is 6.07 Å². The average Bonchev–Trinajstić information content (AvgIpc) is 3.28. The van der Waals surface area contributed by atoms with Gasteiger partial charge in [-0.25, -0.2) is 4.68 Å². The minimum Gasteiger partial charge on any atom is -0.286 e. The lowest BCUT2D eigenvalue weighted by Crippen LogP contribution is -2.43. The van der Waals surface area contributed by atoms with Crippen molar-refractivity contribution in [2.24, 2.45) is 0 Å². The van der Waals surface area contributed by atoms with Crippen LogP contribution in [-0.4, -0.2) is 32.5 Å². The van der Waals surface area contributed by atoms with Gasteiger partial charge in [-0.1, -0.05) is 65.4 Å². The molecule has 1 aromatic heterocycles. The van der Waals surface area contributed by atoms with E-state index in [-0.39, 0.29) is 6.04 Å². The van der Waals surface area contributed by atoms with E-state index in [1.165, 1.54) is 29.7 Å². The summed E-state index contributed by atoms with van der Waals surface area (Å²) in [6.07, 6.45) is 2.52. The first kappa shape index (κ1) is 14.8. The van der Waals surface area contributed by atoms with Crippen molar-refractivity contribution in [1.29, 1.82) is 0 Å². The van der Waals surface area contributed by atoms with Crippen molar-refractivity contribution < 1.29 is 0 Å². The van der Waals surface area contributed by atoms with Crippen LogP contribution in [0.25, 0.3) is 11.3 Å². The summed E-state index contributed by atoms with van der Waals surface area (Å²) in [6.45, 7) is 4.25.